The van der Waals surface area contributed by atoms with E-state index < -0.39 is 23.2 Å². The molecule has 48 heavy (non-hydrogen) atoms. The van der Waals surface area contributed by atoms with Crippen LogP contribution in [0.25, 0.3) is 10.8 Å². The molecule has 1 unspecified atom stereocenters. The van der Waals surface area contributed by atoms with E-state index in [1.54, 1.807) is 48.9 Å². The van der Waals surface area contributed by atoms with Crippen molar-refractivity contribution in [3.8, 4) is 23.0 Å². The summed E-state index contributed by atoms with van der Waals surface area (Å²) in [6, 6.07) is 22.3. The van der Waals surface area contributed by atoms with Crippen LogP contribution in [0.3, 0.4) is 0 Å². The van der Waals surface area contributed by atoms with E-state index in [2.05, 4.69) is 20.9 Å². The van der Waals surface area contributed by atoms with Gasteiger partial charge in [0.2, 0.25) is 0 Å². The number of carbonyl (C=O) groups excluding carboxylic acids is 1. The van der Waals surface area contributed by atoms with Crippen molar-refractivity contribution < 1.29 is 33.5 Å². The average molecular weight is 669 g/mol. The summed E-state index contributed by atoms with van der Waals surface area (Å²) in [5, 5.41) is 19.8. The number of nitrogens with one attached hydrogen (secondary N) is 3. The lowest BCUT2D eigenvalue weighted by Gasteiger charge is -2.23. The first-order valence-corrected chi connectivity index (χ1v) is 16.4. The predicted octanol–water partition coefficient (Wildman–Crippen LogP) is 8.17. The van der Waals surface area contributed by atoms with Crippen LogP contribution in [0.1, 0.15) is 36.7 Å². The first kappa shape index (κ1) is 33.9. The monoisotopic (exact) mass is 668 g/mol. The second-order valence-corrected chi connectivity index (χ2v) is 13.2. The average Bonchev–Trinajstić information content (AvgIpc) is 3.05. The third-order valence-corrected chi connectivity index (χ3v) is 8.40. The van der Waals surface area contributed by atoms with Crippen LogP contribution in [0.2, 0.25) is 0 Å². The van der Waals surface area contributed by atoms with Gasteiger partial charge in [0.15, 0.2) is 10.6 Å². The Balaban J connectivity index is 1.38. The number of fused-ring (bicyclic) bond motifs is 1. The zero-order valence-corrected chi connectivity index (χ0v) is 28.2. The molecule has 1 heterocycles. The zero-order valence-electron chi connectivity index (χ0n) is 27.3. The molecule has 4 aromatic carbocycles. The van der Waals surface area contributed by atoms with Crippen LogP contribution >= 0.6 is 0 Å². The molecule has 1 aromatic heterocycles. The maximum absolute atomic E-state index is 13.4. The quantitative estimate of drug-likeness (QED) is 0.108. The molecule has 5 aromatic rings. The molecular weight excluding hydrogens is 632 g/mol. The van der Waals surface area contributed by atoms with Crippen molar-refractivity contribution in [3.05, 3.63) is 96.2 Å². The molecule has 2 amide bonds. The Labute approximate surface area is 281 Å². The van der Waals surface area contributed by atoms with Crippen LogP contribution < -0.4 is 30.2 Å². The molecule has 1 atom stereocenters. The van der Waals surface area contributed by atoms with Crippen molar-refractivity contribution in [1.82, 2.24) is 4.98 Å². The fourth-order valence-electron chi connectivity index (χ4n) is 5.06. The summed E-state index contributed by atoms with van der Waals surface area (Å²) in [5.74, 6) is 0.994. The summed E-state index contributed by atoms with van der Waals surface area (Å²) >= 11 is -1.35. The minimum atomic E-state index is -1.35. The molecule has 12 heteroatoms. The molecule has 0 aliphatic heterocycles. The minimum absolute atomic E-state index is 0.0492. The molecule has 0 fully saturated rings. The fraction of sp³-hybridized carbons (Fsp3) is 0.194. The number of benzene rings is 4. The Kier molecular flexibility index (Phi) is 9.97. The molecule has 0 saturated carbocycles. The standard InChI is InChI=1S/C36H36N4O7S/c1-36(2,3)21-17-28(33(46-5)31(18-21)48(6)44)40-35(43)39-27-13-14-29(25-10-8-7-9-24(25)27)47-23-15-16-37-32(20-23)38-22-11-12-26(34(41)42)30(19-22)45-4/h7-20H,1-6H3,(H,37,38)(H,41,42)(H2,39,40,43). The Morgan fingerprint density at radius 2 is 1.58 bits per heavy atom. The lowest BCUT2D eigenvalue weighted by molar-refractivity contribution is 0.0693. The number of hydrogen-bond acceptors (Lipinski definition) is 8. The van der Waals surface area contributed by atoms with Crippen LogP contribution in [0.15, 0.2) is 90.0 Å². The minimum Gasteiger partial charge on any atom is -0.612 e. The number of aromatic nitrogens is 1. The number of pyridine rings is 1. The maximum Gasteiger partial charge on any atom is 0.339 e. The van der Waals surface area contributed by atoms with Gasteiger partial charge in [-0.1, -0.05) is 45.0 Å². The van der Waals surface area contributed by atoms with Gasteiger partial charge in [-0.15, -0.1) is 0 Å². The molecule has 0 bridgehead atoms. The summed E-state index contributed by atoms with van der Waals surface area (Å²) in [7, 11) is 2.89. The highest BCUT2D eigenvalue weighted by atomic mass is 32.2. The van der Waals surface area contributed by atoms with E-state index in [1.807, 2.05) is 57.2 Å². The molecule has 11 nitrogen and oxygen atoms in total. The highest BCUT2D eigenvalue weighted by molar-refractivity contribution is 7.90. The van der Waals surface area contributed by atoms with Crippen molar-refractivity contribution >= 4 is 56.8 Å². The van der Waals surface area contributed by atoms with Crippen molar-refractivity contribution in [2.75, 3.05) is 36.4 Å². The number of carboxylic acids is 1. The van der Waals surface area contributed by atoms with Gasteiger partial charge in [0.05, 0.1) is 25.6 Å². The van der Waals surface area contributed by atoms with Gasteiger partial charge in [-0.05, 0) is 58.6 Å². The smallest absolute Gasteiger partial charge is 0.339 e. The number of carboxylic acid groups (broad SMARTS) is 1. The predicted molar refractivity (Wildman–Crippen MR) is 188 cm³/mol. The number of anilines is 4. The second-order valence-electron chi connectivity index (χ2n) is 11.8. The number of aromatic carboxylic acids is 1. The topological polar surface area (TPSA) is 154 Å². The van der Waals surface area contributed by atoms with Crippen LogP contribution in [-0.4, -0.2) is 47.1 Å². The Morgan fingerprint density at radius 1 is 0.854 bits per heavy atom. The third kappa shape index (κ3) is 7.56. The largest absolute Gasteiger partial charge is 0.612 e. The van der Waals surface area contributed by atoms with Gasteiger partial charge in [0, 0.05) is 40.9 Å². The number of ether oxygens (including phenoxy) is 3. The first-order chi connectivity index (χ1) is 22.9. The third-order valence-electron chi connectivity index (χ3n) is 7.48. The number of hydrogen-bond donors (Lipinski definition) is 4. The molecule has 5 rings (SSSR count). The molecule has 248 valence electrons. The van der Waals surface area contributed by atoms with Crippen molar-refractivity contribution in [1.29, 1.82) is 0 Å². The van der Waals surface area contributed by atoms with Gasteiger partial charge in [0.1, 0.15) is 34.9 Å². The lowest BCUT2D eigenvalue weighted by Crippen LogP contribution is -2.22. The number of urea groups is 1. The molecule has 0 radical (unpaired) electrons. The molecule has 4 N–H and O–H groups in total. The van der Waals surface area contributed by atoms with Gasteiger partial charge in [-0.25, -0.2) is 14.6 Å². The van der Waals surface area contributed by atoms with Crippen LogP contribution in [-0.2, 0) is 16.6 Å². The highest BCUT2D eigenvalue weighted by Crippen LogP contribution is 2.39. The van der Waals surface area contributed by atoms with Crippen molar-refractivity contribution in [2.24, 2.45) is 0 Å². The maximum atomic E-state index is 13.4. The van der Waals surface area contributed by atoms with E-state index in [-0.39, 0.29) is 16.7 Å². The van der Waals surface area contributed by atoms with E-state index in [1.165, 1.54) is 20.3 Å². The summed E-state index contributed by atoms with van der Waals surface area (Å²) in [4.78, 5) is 29.6. The molecular formula is C36H36N4O7S. The van der Waals surface area contributed by atoms with Gasteiger partial charge in [0.25, 0.3) is 0 Å². The second kappa shape index (κ2) is 14.1. The number of carbonyl (C=O) groups is 2. The van der Waals surface area contributed by atoms with E-state index in [9.17, 15) is 19.2 Å². The summed E-state index contributed by atoms with van der Waals surface area (Å²) in [5.41, 5.74) is 2.25. The first-order valence-electron chi connectivity index (χ1n) is 14.9. The van der Waals surface area contributed by atoms with E-state index >= 15 is 0 Å². The van der Waals surface area contributed by atoms with Gasteiger partial charge in [-0.2, -0.15) is 0 Å². The SMILES string of the molecule is COc1cc(Nc2cc(Oc3ccc(NC(=O)Nc4cc(C(C)(C)C)cc([S+](C)[O-])c4OC)c4ccccc34)ccn2)ccc1C(=O)O. The van der Waals surface area contributed by atoms with E-state index in [0.717, 1.165) is 16.3 Å². The Hall–Kier alpha value is -5.46. The normalized spacial score (nSPS) is 11.8. The van der Waals surface area contributed by atoms with E-state index in [4.69, 9.17) is 14.2 Å². The lowest BCUT2D eigenvalue weighted by atomic mass is 9.86. The number of rotatable bonds is 10. The van der Waals surface area contributed by atoms with Gasteiger partial charge < -0.3 is 39.8 Å². The van der Waals surface area contributed by atoms with Crippen LogP contribution in [0.4, 0.5) is 27.7 Å². The molecule has 0 saturated heterocycles. The van der Waals surface area contributed by atoms with Crippen molar-refractivity contribution in [2.45, 2.75) is 31.1 Å². The Morgan fingerprint density at radius 3 is 2.25 bits per heavy atom. The number of methoxy groups -OCH3 is 2. The van der Waals surface area contributed by atoms with Crippen molar-refractivity contribution in [3.63, 3.8) is 0 Å². The van der Waals surface area contributed by atoms with E-state index in [0.29, 0.717) is 45.0 Å². The summed E-state index contributed by atoms with van der Waals surface area (Å²) in [6.07, 6.45) is 3.16. The fourth-order valence-corrected chi connectivity index (χ4v) is 5.81. The van der Waals surface area contributed by atoms with Crippen LogP contribution in [0, 0.1) is 0 Å². The van der Waals surface area contributed by atoms with Gasteiger partial charge >= 0.3 is 12.0 Å². The summed E-state index contributed by atoms with van der Waals surface area (Å²) < 4.78 is 29.6. The van der Waals surface area contributed by atoms with Crippen LogP contribution in [0.5, 0.6) is 23.0 Å². The molecule has 0 spiro atoms. The summed E-state index contributed by atoms with van der Waals surface area (Å²) in [6.45, 7) is 6.12. The molecule has 0 aliphatic carbocycles. The van der Waals surface area contributed by atoms with Gasteiger partial charge in [-0.3, -0.25) is 0 Å². The zero-order chi connectivity index (χ0) is 34.6. The Bertz CT molecular complexity index is 1990. The number of amides is 2. The molecule has 0 aliphatic rings. The number of nitrogens with zero attached hydrogens (tertiary/aromatic N) is 1. The highest BCUT2D eigenvalue weighted by Gasteiger charge is 2.25.